The van der Waals surface area contributed by atoms with Crippen molar-refractivity contribution in [2.24, 2.45) is 0 Å². The normalized spacial score (nSPS) is 23.0. The van der Waals surface area contributed by atoms with Gasteiger partial charge in [-0.2, -0.15) is 11.8 Å². The molecule has 20 heavy (non-hydrogen) atoms. The molecular formula is C16H18N2OS. The zero-order valence-corrected chi connectivity index (χ0v) is 12.6. The lowest BCUT2D eigenvalue weighted by Gasteiger charge is -2.37. The van der Waals surface area contributed by atoms with Gasteiger partial charge in [0.15, 0.2) is 0 Å². The van der Waals surface area contributed by atoms with E-state index in [9.17, 15) is 4.79 Å². The summed E-state index contributed by atoms with van der Waals surface area (Å²) in [5.41, 5.74) is 1.43. The highest BCUT2D eigenvalue weighted by Crippen LogP contribution is 2.25. The molecule has 0 saturated carbocycles. The maximum absolute atomic E-state index is 12.7. The number of hydrogen-bond acceptors (Lipinski definition) is 3. The fourth-order valence-corrected chi connectivity index (χ4v) is 3.65. The number of rotatable bonds is 1. The maximum atomic E-state index is 12.7. The Kier molecular flexibility index (Phi) is 3.66. The van der Waals surface area contributed by atoms with Crippen LogP contribution in [0.4, 0.5) is 0 Å². The molecular weight excluding hydrogens is 268 g/mol. The summed E-state index contributed by atoms with van der Waals surface area (Å²) in [6.45, 7) is 5.11. The Morgan fingerprint density at radius 2 is 2.05 bits per heavy atom. The van der Waals surface area contributed by atoms with E-state index in [1.54, 1.807) is 0 Å². The third-order valence-corrected chi connectivity index (χ3v) is 5.30. The van der Waals surface area contributed by atoms with Crippen LogP contribution in [0.5, 0.6) is 0 Å². The van der Waals surface area contributed by atoms with Crippen LogP contribution >= 0.6 is 11.8 Å². The highest BCUT2D eigenvalue weighted by atomic mass is 32.2. The number of thioether (sulfide) groups is 1. The maximum Gasteiger partial charge on any atom is 0.272 e. The van der Waals surface area contributed by atoms with Gasteiger partial charge in [-0.15, -0.1) is 0 Å². The van der Waals surface area contributed by atoms with Crippen LogP contribution in [0.25, 0.3) is 10.9 Å². The van der Waals surface area contributed by atoms with Crippen LogP contribution in [0.3, 0.4) is 0 Å². The molecule has 1 aromatic carbocycles. The number of fused-ring (bicyclic) bond motifs is 1. The van der Waals surface area contributed by atoms with Gasteiger partial charge in [-0.3, -0.25) is 4.79 Å². The summed E-state index contributed by atoms with van der Waals surface area (Å²) >= 11 is 1.93. The molecule has 1 saturated heterocycles. The molecule has 1 aromatic heterocycles. The SMILES string of the molecule is CC1SCCN(C(=O)c2ccc3ccccc3n2)C1C. The van der Waals surface area contributed by atoms with Crippen molar-refractivity contribution < 1.29 is 4.79 Å². The quantitative estimate of drug-likeness (QED) is 0.807. The van der Waals surface area contributed by atoms with Crippen molar-refractivity contribution >= 4 is 28.6 Å². The Bertz CT molecular complexity index is 643. The van der Waals surface area contributed by atoms with Gasteiger partial charge in [-0.1, -0.05) is 31.2 Å². The van der Waals surface area contributed by atoms with Crippen LogP contribution in [0.2, 0.25) is 0 Å². The van der Waals surface area contributed by atoms with Crippen molar-refractivity contribution in [3.05, 3.63) is 42.1 Å². The number of amides is 1. The van der Waals surface area contributed by atoms with E-state index in [-0.39, 0.29) is 11.9 Å². The Hall–Kier alpha value is -1.55. The van der Waals surface area contributed by atoms with Gasteiger partial charge in [-0.25, -0.2) is 4.98 Å². The lowest BCUT2D eigenvalue weighted by molar-refractivity contribution is 0.0692. The van der Waals surface area contributed by atoms with Crippen LogP contribution in [-0.2, 0) is 0 Å². The second-order valence-electron chi connectivity index (χ2n) is 5.20. The smallest absolute Gasteiger partial charge is 0.272 e. The molecule has 0 radical (unpaired) electrons. The zero-order valence-electron chi connectivity index (χ0n) is 11.7. The second kappa shape index (κ2) is 5.44. The standard InChI is InChI=1S/C16H18N2OS/c1-11-12(2)20-10-9-18(11)16(19)15-8-7-13-5-3-4-6-14(13)17-15/h3-8,11-12H,9-10H2,1-2H3. The minimum atomic E-state index is 0.0513. The second-order valence-corrected chi connectivity index (χ2v) is 6.69. The molecule has 1 aliphatic heterocycles. The minimum Gasteiger partial charge on any atom is -0.333 e. The predicted molar refractivity (Wildman–Crippen MR) is 84.2 cm³/mol. The molecule has 0 N–H and O–H groups in total. The highest BCUT2D eigenvalue weighted by molar-refractivity contribution is 8.00. The average Bonchev–Trinajstić information content (AvgIpc) is 2.49. The van der Waals surface area contributed by atoms with E-state index in [1.165, 1.54) is 0 Å². The van der Waals surface area contributed by atoms with Gasteiger partial charge < -0.3 is 4.90 Å². The first kappa shape index (κ1) is 13.4. The van der Waals surface area contributed by atoms with E-state index >= 15 is 0 Å². The molecule has 2 heterocycles. The van der Waals surface area contributed by atoms with Gasteiger partial charge >= 0.3 is 0 Å². The van der Waals surface area contributed by atoms with Crippen molar-refractivity contribution in [1.82, 2.24) is 9.88 Å². The number of para-hydroxylation sites is 1. The Labute approximate surface area is 123 Å². The first-order chi connectivity index (χ1) is 9.66. The topological polar surface area (TPSA) is 33.2 Å². The molecule has 2 aromatic rings. The minimum absolute atomic E-state index is 0.0513. The molecule has 2 unspecified atom stereocenters. The fourth-order valence-electron chi connectivity index (χ4n) is 2.55. The molecule has 0 spiro atoms. The van der Waals surface area contributed by atoms with Gasteiger partial charge in [0, 0.05) is 29.0 Å². The third kappa shape index (κ3) is 2.40. The summed E-state index contributed by atoms with van der Waals surface area (Å²) in [4.78, 5) is 19.1. The molecule has 1 aliphatic rings. The number of carbonyl (C=O) groups excluding carboxylic acids is 1. The summed E-state index contributed by atoms with van der Waals surface area (Å²) in [6.07, 6.45) is 0. The fraction of sp³-hybridized carbons (Fsp3) is 0.375. The molecule has 1 fully saturated rings. The van der Waals surface area contributed by atoms with Gasteiger partial charge in [-0.05, 0) is 19.1 Å². The number of pyridine rings is 1. The van der Waals surface area contributed by atoms with E-state index in [4.69, 9.17) is 0 Å². The van der Waals surface area contributed by atoms with Crippen molar-refractivity contribution in [2.45, 2.75) is 25.1 Å². The van der Waals surface area contributed by atoms with E-state index < -0.39 is 0 Å². The van der Waals surface area contributed by atoms with Crippen LogP contribution in [0.15, 0.2) is 36.4 Å². The summed E-state index contributed by atoms with van der Waals surface area (Å²) in [7, 11) is 0. The highest BCUT2D eigenvalue weighted by Gasteiger charge is 2.30. The molecule has 104 valence electrons. The summed E-state index contributed by atoms with van der Waals surface area (Å²) in [5, 5.41) is 1.55. The Morgan fingerprint density at radius 1 is 1.25 bits per heavy atom. The van der Waals surface area contributed by atoms with Crippen molar-refractivity contribution in [3.8, 4) is 0 Å². The lowest BCUT2D eigenvalue weighted by atomic mass is 10.1. The number of carbonyl (C=O) groups is 1. The lowest BCUT2D eigenvalue weighted by Crippen LogP contribution is -2.48. The van der Waals surface area contributed by atoms with Crippen molar-refractivity contribution in [1.29, 1.82) is 0 Å². The number of aromatic nitrogens is 1. The van der Waals surface area contributed by atoms with E-state index in [1.807, 2.05) is 53.1 Å². The van der Waals surface area contributed by atoms with Crippen molar-refractivity contribution in [3.63, 3.8) is 0 Å². The number of benzene rings is 1. The van der Waals surface area contributed by atoms with Crippen molar-refractivity contribution in [2.75, 3.05) is 12.3 Å². The first-order valence-corrected chi connectivity index (χ1v) is 8.00. The molecule has 3 nitrogen and oxygen atoms in total. The third-order valence-electron chi connectivity index (χ3n) is 3.96. The summed E-state index contributed by atoms with van der Waals surface area (Å²) in [5.74, 6) is 1.06. The van der Waals surface area contributed by atoms with E-state index in [0.29, 0.717) is 10.9 Å². The van der Waals surface area contributed by atoms with Gasteiger partial charge in [0.2, 0.25) is 0 Å². The Morgan fingerprint density at radius 3 is 2.90 bits per heavy atom. The van der Waals surface area contributed by atoms with Gasteiger partial charge in [0.05, 0.1) is 5.52 Å². The largest absolute Gasteiger partial charge is 0.333 e. The predicted octanol–water partition coefficient (Wildman–Crippen LogP) is 3.20. The molecule has 0 bridgehead atoms. The molecule has 4 heteroatoms. The van der Waals surface area contributed by atoms with Gasteiger partial charge in [0.25, 0.3) is 5.91 Å². The first-order valence-electron chi connectivity index (χ1n) is 6.95. The van der Waals surface area contributed by atoms with Crippen LogP contribution in [0.1, 0.15) is 24.3 Å². The number of nitrogens with zero attached hydrogens (tertiary/aromatic N) is 2. The average molecular weight is 286 g/mol. The molecule has 3 rings (SSSR count). The number of hydrogen-bond donors (Lipinski definition) is 0. The molecule has 0 aliphatic carbocycles. The monoisotopic (exact) mass is 286 g/mol. The molecule has 2 atom stereocenters. The van der Waals surface area contributed by atoms with Crippen LogP contribution < -0.4 is 0 Å². The van der Waals surface area contributed by atoms with Crippen LogP contribution in [-0.4, -0.2) is 39.4 Å². The van der Waals surface area contributed by atoms with Gasteiger partial charge in [0.1, 0.15) is 5.69 Å². The molecule has 1 amide bonds. The van der Waals surface area contributed by atoms with E-state index in [0.717, 1.165) is 23.2 Å². The Balaban J connectivity index is 1.91. The summed E-state index contributed by atoms with van der Waals surface area (Å²) < 4.78 is 0. The van der Waals surface area contributed by atoms with E-state index in [2.05, 4.69) is 18.8 Å². The van der Waals surface area contributed by atoms with Crippen LogP contribution in [0, 0.1) is 0 Å². The zero-order chi connectivity index (χ0) is 14.1. The summed E-state index contributed by atoms with van der Waals surface area (Å²) in [6, 6.07) is 12.0.